The number of hydrogen-bond donors (Lipinski definition) is 0. The third-order valence-electron chi connectivity index (χ3n) is 3.75. The molecule has 126 valence electrons. The zero-order chi connectivity index (χ0) is 17.0. The number of benzene rings is 1. The van der Waals surface area contributed by atoms with Crippen molar-refractivity contribution in [1.82, 2.24) is 4.90 Å². The molecule has 1 fully saturated rings. The summed E-state index contributed by atoms with van der Waals surface area (Å²) in [4.78, 5) is 25.9. The topological polar surface area (TPSA) is 55.8 Å². The molecule has 2 atom stereocenters. The normalized spacial score (nSPS) is 21.7. The van der Waals surface area contributed by atoms with E-state index in [1.54, 1.807) is 17.0 Å². The average molecular weight is 319 g/mol. The van der Waals surface area contributed by atoms with Crippen molar-refractivity contribution in [1.29, 1.82) is 0 Å². The third-order valence-corrected chi connectivity index (χ3v) is 3.75. The van der Waals surface area contributed by atoms with E-state index in [4.69, 9.17) is 9.47 Å². The number of carbonyl (C=O) groups is 2. The molecular weight excluding hydrogens is 294 g/mol. The van der Waals surface area contributed by atoms with Gasteiger partial charge in [-0.15, -0.1) is 0 Å². The Bertz CT molecular complexity index is 550. The zero-order valence-electron chi connectivity index (χ0n) is 14.2. The van der Waals surface area contributed by atoms with Crippen molar-refractivity contribution in [2.75, 3.05) is 13.1 Å². The van der Waals surface area contributed by atoms with Crippen LogP contribution in [0, 0.1) is 5.92 Å². The number of carbonyl (C=O) groups excluding carboxylic acids is 2. The summed E-state index contributed by atoms with van der Waals surface area (Å²) in [5, 5.41) is 0. The van der Waals surface area contributed by atoms with E-state index in [0.717, 1.165) is 0 Å². The van der Waals surface area contributed by atoms with E-state index in [9.17, 15) is 9.59 Å². The van der Waals surface area contributed by atoms with Gasteiger partial charge in [0.2, 0.25) is 0 Å². The Morgan fingerprint density at radius 3 is 2.39 bits per heavy atom. The molecule has 5 heteroatoms. The number of nitrogens with zero attached hydrogens (tertiary/aromatic N) is 1. The van der Waals surface area contributed by atoms with Crippen molar-refractivity contribution in [3.8, 4) is 0 Å². The monoisotopic (exact) mass is 319 g/mol. The van der Waals surface area contributed by atoms with Crippen LogP contribution in [-0.2, 0) is 9.47 Å². The molecule has 1 aromatic rings. The maximum absolute atomic E-state index is 12.1. The molecule has 1 aliphatic rings. The van der Waals surface area contributed by atoms with Gasteiger partial charge in [0.25, 0.3) is 0 Å². The summed E-state index contributed by atoms with van der Waals surface area (Å²) >= 11 is 0. The van der Waals surface area contributed by atoms with E-state index >= 15 is 0 Å². The summed E-state index contributed by atoms with van der Waals surface area (Å²) in [6.45, 7) is 8.60. The standard InChI is InChI=1S/C18H25NO4/c1-13-12-19(17(21)23-18(2,3)4)11-10-15(13)22-16(20)14-8-6-5-7-9-14/h5-9,13,15H,10-12H2,1-4H3/t13-,15-/m1/s1. The molecular formula is C18H25NO4. The van der Waals surface area contributed by atoms with Crippen molar-refractivity contribution >= 4 is 12.1 Å². The van der Waals surface area contributed by atoms with Gasteiger partial charge in [-0.1, -0.05) is 25.1 Å². The summed E-state index contributed by atoms with van der Waals surface area (Å²) in [5.41, 5.74) is 0.0472. The highest BCUT2D eigenvalue weighted by Gasteiger charge is 2.33. The van der Waals surface area contributed by atoms with Crippen LogP contribution in [0.2, 0.25) is 0 Å². The second-order valence-electron chi connectivity index (χ2n) is 7.00. The van der Waals surface area contributed by atoms with Crippen molar-refractivity contribution in [2.45, 2.75) is 45.8 Å². The molecule has 0 saturated carbocycles. The van der Waals surface area contributed by atoms with Crippen LogP contribution in [0.25, 0.3) is 0 Å². The van der Waals surface area contributed by atoms with Crippen molar-refractivity contribution < 1.29 is 19.1 Å². The molecule has 23 heavy (non-hydrogen) atoms. The molecule has 0 aromatic heterocycles. The maximum Gasteiger partial charge on any atom is 0.410 e. The summed E-state index contributed by atoms with van der Waals surface area (Å²) in [6, 6.07) is 8.96. The Hall–Kier alpha value is -2.04. The van der Waals surface area contributed by atoms with Crippen LogP contribution in [0.3, 0.4) is 0 Å². The second kappa shape index (κ2) is 7.02. The average Bonchev–Trinajstić information content (AvgIpc) is 2.48. The van der Waals surface area contributed by atoms with Crippen LogP contribution < -0.4 is 0 Å². The Morgan fingerprint density at radius 2 is 1.83 bits per heavy atom. The highest BCUT2D eigenvalue weighted by Crippen LogP contribution is 2.23. The molecule has 1 aromatic carbocycles. The van der Waals surface area contributed by atoms with E-state index < -0.39 is 5.60 Å². The van der Waals surface area contributed by atoms with Gasteiger partial charge in [-0.3, -0.25) is 0 Å². The fraction of sp³-hybridized carbons (Fsp3) is 0.556. The van der Waals surface area contributed by atoms with E-state index in [2.05, 4.69) is 0 Å². The lowest BCUT2D eigenvalue weighted by Gasteiger charge is -2.37. The highest BCUT2D eigenvalue weighted by atomic mass is 16.6. The lowest BCUT2D eigenvalue weighted by Crippen LogP contribution is -2.48. The van der Waals surface area contributed by atoms with Crippen LogP contribution >= 0.6 is 0 Å². The van der Waals surface area contributed by atoms with Gasteiger partial charge in [0.1, 0.15) is 11.7 Å². The maximum atomic E-state index is 12.1. The Kier molecular flexibility index (Phi) is 5.29. The van der Waals surface area contributed by atoms with Gasteiger partial charge in [-0.2, -0.15) is 0 Å². The van der Waals surface area contributed by atoms with Gasteiger partial charge in [0, 0.05) is 25.4 Å². The third kappa shape index (κ3) is 4.98. The summed E-state index contributed by atoms with van der Waals surface area (Å²) in [5.74, 6) is -0.239. The van der Waals surface area contributed by atoms with Crippen LogP contribution in [0.15, 0.2) is 30.3 Å². The molecule has 2 rings (SSSR count). The molecule has 1 amide bonds. The molecule has 1 aliphatic heterocycles. The number of ether oxygens (including phenoxy) is 2. The lowest BCUT2D eigenvalue weighted by atomic mass is 9.96. The minimum Gasteiger partial charge on any atom is -0.458 e. The quantitative estimate of drug-likeness (QED) is 0.783. The van der Waals surface area contributed by atoms with E-state index in [-0.39, 0.29) is 24.1 Å². The largest absolute Gasteiger partial charge is 0.458 e. The molecule has 5 nitrogen and oxygen atoms in total. The summed E-state index contributed by atoms with van der Waals surface area (Å²) < 4.78 is 11.0. The number of piperidine rings is 1. The number of hydrogen-bond acceptors (Lipinski definition) is 4. The lowest BCUT2D eigenvalue weighted by molar-refractivity contribution is -0.0216. The summed E-state index contributed by atoms with van der Waals surface area (Å²) in [7, 11) is 0. The van der Waals surface area contributed by atoms with Crippen molar-refractivity contribution in [2.24, 2.45) is 5.92 Å². The second-order valence-corrected chi connectivity index (χ2v) is 7.00. The van der Waals surface area contributed by atoms with E-state index in [0.29, 0.717) is 25.1 Å². The first kappa shape index (κ1) is 17.3. The summed E-state index contributed by atoms with van der Waals surface area (Å²) in [6.07, 6.45) is 0.137. The fourth-order valence-electron chi connectivity index (χ4n) is 2.57. The van der Waals surface area contributed by atoms with Crippen molar-refractivity contribution in [3.63, 3.8) is 0 Å². The number of rotatable bonds is 2. The Labute approximate surface area is 137 Å². The zero-order valence-corrected chi connectivity index (χ0v) is 14.2. The molecule has 0 spiro atoms. The number of likely N-dealkylation sites (tertiary alicyclic amines) is 1. The first-order chi connectivity index (χ1) is 10.8. The van der Waals surface area contributed by atoms with E-state index in [1.807, 2.05) is 45.9 Å². The van der Waals surface area contributed by atoms with Crippen LogP contribution in [0.1, 0.15) is 44.5 Å². The Balaban J connectivity index is 1.89. The predicted molar refractivity (Wildman–Crippen MR) is 87.2 cm³/mol. The minimum atomic E-state index is -0.503. The van der Waals surface area contributed by atoms with Crippen LogP contribution in [0.5, 0.6) is 0 Å². The van der Waals surface area contributed by atoms with Gasteiger partial charge < -0.3 is 14.4 Å². The van der Waals surface area contributed by atoms with E-state index in [1.165, 1.54) is 0 Å². The van der Waals surface area contributed by atoms with Gasteiger partial charge in [-0.05, 0) is 32.9 Å². The van der Waals surface area contributed by atoms with Gasteiger partial charge in [-0.25, -0.2) is 9.59 Å². The first-order valence-electron chi connectivity index (χ1n) is 8.00. The predicted octanol–water partition coefficient (Wildman–Crippen LogP) is 3.49. The van der Waals surface area contributed by atoms with Crippen LogP contribution in [0.4, 0.5) is 4.79 Å². The number of amides is 1. The number of esters is 1. The molecule has 0 N–H and O–H groups in total. The Morgan fingerprint density at radius 1 is 1.17 bits per heavy atom. The molecule has 0 radical (unpaired) electrons. The van der Waals surface area contributed by atoms with Crippen molar-refractivity contribution in [3.05, 3.63) is 35.9 Å². The van der Waals surface area contributed by atoms with Gasteiger partial charge >= 0.3 is 12.1 Å². The molecule has 1 saturated heterocycles. The SMILES string of the molecule is C[C@@H]1CN(C(=O)OC(C)(C)C)CC[C@H]1OC(=O)c1ccccc1. The fourth-order valence-corrected chi connectivity index (χ4v) is 2.57. The molecule has 0 unspecified atom stereocenters. The molecule has 0 aliphatic carbocycles. The highest BCUT2D eigenvalue weighted by molar-refractivity contribution is 5.89. The molecule has 0 bridgehead atoms. The smallest absolute Gasteiger partial charge is 0.410 e. The van der Waals surface area contributed by atoms with Crippen LogP contribution in [-0.4, -0.2) is 41.8 Å². The molecule has 1 heterocycles. The minimum absolute atomic E-state index is 0.0731. The van der Waals surface area contributed by atoms with Gasteiger partial charge in [0.15, 0.2) is 0 Å². The van der Waals surface area contributed by atoms with Gasteiger partial charge in [0.05, 0.1) is 5.56 Å². The first-order valence-corrected chi connectivity index (χ1v) is 8.00.